The van der Waals surface area contributed by atoms with Crippen LogP contribution in [0.25, 0.3) is 0 Å². The fourth-order valence-corrected chi connectivity index (χ4v) is 5.65. The fraction of sp³-hybridized carbons (Fsp3) is 0.385. The molecule has 0 saturated heterocycles. The van der Waals surface area contributed by atoms with E-state index in [-0.39, 0.29) is 11.9 Å². The van der Waals surface area contributed by atoms with E-state index in [2.05, 4.69) is 73.2 Å². The monoisotopic (exact) mass is 628 g/mol. The highest BCUT2D eigenvalue weighted by Crippen LogP contribution is 2.32. The van der Waals surface area contributed by atoms with Gasteiger partial charge in [-0.15, -0.1) is 0 Å². The predicted molar refractivity (Wildman–Crippen MR) is 107 cm³/mol. The third-order valence-corrected chi connectivity index (χ3v) is 5.37. The van der Waals surface area contributed by atoms with Crippen LogP contribution in [0.3, 0.4) is 0 Å². The van der Waals surface area contributed by atoms with Crippen molar-refractivity contribution in [1.29, 1.82) is 0 Å². The lowest BCUT2D eigenvalue weighted by Crippen LogP contribution is -2.35. The van der Waals surface area contributed by atoms with Crippen LogP contribution in [-0.2, 0) is 9.53 Å². The molecule has 8 heteroatoms. The first-order chi connectivity index (χ1) is 9.83. The van der Waals surface area contributed by atoms with E-state index in [1.54, 1.807) is 6.92 Å². The highest BCUT2D eigenvalue weighted by atomic mass is 127. The summed E-state index contributed by atoms with van der Waals surface area (Å²) in [7, 11) is 0. The van der Waals surface area contributed by atoms with Crippen molar-refractivity contribution in [2.75, 3.05) is 18.6 Å². The van der Waals surface area contributed by atoms with E-state index in [1.807, 2.05) is 13.0 Å². The number of hydrazine groups is 1. The molecule has 1 N–H and O–H groups in total. The van der Waals surface area contributed by atoms with Crippen molar-refractivity contribution in [3.63, 3.8) is 0 Å². The Morgan fingerprint density at radius 3 is 2.33 bits per heavy atom. The molecule has 1 rings (SSSR count). The molecule has 1 amide bonds. The standard InChI is InChI=1S/C13H15I3N2O3/c1-4-18(7(3)19)17-12-9(15)6-8(14)10(11(12)16)13(20)21-5-2/h6,17H,4-5H2,1-3H3. The number of esters is 1. The molecule has 116 valence electrons. The lowest BCUT2D eigenvalue weighted by atomic mass is 10.2. The van der Waals surface area contributed by atoms with Gasteiger partial charge in [-0.2, -0.15) is 0 Å². The number of hydrogen-bond donors (Lipinski definition) is 1. The number of nitrogens with zero attached hydrogens (tertiary/aromatic N) is 1. The lowest BCUT2D eigenvalue weighted by Gasteiger charge is -2.24. The molecule has 0 aliphatic carbocycles. The molecule has 1 aromatic carbocycles. The second-order valence-corrected chi connectivity index (χ2v) is 7.40. The minimum absolute atomic E-state index is 0.0830. The van der Waals surface area contributed by atoms with E-state index < -0.39 is 0 Å². The molecule has 0 unspecified atom stereocenters. The summed E-state index contributed by atoms with van der Waals surface area (Å²) in [4.78, 5) is 23.7. The van der Waals surface area contributed by atoms with Gasteiger partial charge in [0.15, 0.2) is 0 Å². The summed E-state index contributed by atoms with van der Waals surface area (Å²) in [5.41, 5.74) is 4.36. The summed E-state index contributed by atoms with van der Waals surface area (Å²) >= 11 is 6.41. The molecule has 0 fully saturated rings. The first kappa shape index (κ1) is 19.2. The first-order valence-electron chi connectivity index (χ1n) is 6.22. The average Bonchev–Trinajstić information content (AvgIpc) is 2.38. The number of carbonyl (C=O) groups excluding carboxylic acids is 2. The normalized spacial score (nSPS) is 10.2. The van der Waals surface area contributed by atoms with Gasteiger partial charge in [-0.05, 0) is 87.7 Å². The lowest BCUT2D eigenvalue weighted by molar-refractivity contribution is -0.127. The van der Waals surface area contributed by atoms with Gasteiger partial charge in [-0.25, -0.2) is 4.79 Å². The van der Waals surface area contributed by atoms with Crippen LogP contribution < -0.4 is 5.43 Å². The molecule has 21 heavy (non-hydrogen) atoms. The Morgan fingerprint density at radius 2 is 1.86 bits per heavy atom. The van der Waals surface area contributed by atoms with Crippen LogP contribution in [0.2, 0.25) is 0 Å². The largest absolute Gasteiger partial charge is 0.462 e. The molecule has 0 atom stereocenters. The topological polar surface area (TPSA) is 58.6 Å². The molecule has 1 aromatic rings. The Balaban J connectivity index is 3.30. The van der Waals surface area contributed by atoms with Crippen LogP contribution in [0.1, 0.15) is 31.1 Å². The number of anilines is 1. The maximum atomic E-state index is 12.1. The second kappa shape index (κ2) is 8.70. The maximum Gasteiger partial charge on any atom is 0.340 e. The Labute approximate surface area is 164 Å². The number of halogens is 3. The SMILES string of the molecule is CCOC(=O)c1c(I)cc(I)c(NN(CC)C(C)=O)c1I. The molecule has 5 nitrogen and oxygen atoms in total. The van der Waals surface area contributed by atoms with Gasteiger partial charge in [0.05, 0.1) is 21.4 Å². The molecular weight excluding hydrogens is 613 g/mol. The average molecular weight is 628 g/mol. The molecule has 0 aromatic heterocycles. The van der Waals surface area contributed by atoms with E-state index in [9.17, 15) is 9.59 Å². The van der Waals surface area contributed by atoms with Crippen LogP contribution in [0, 0.1) is 10.7 Å². The fourth-order valence-electron chi connectivity index (χ4n) is 1.60. The van der Waals surface area contributed by atoms with Crippen LogP contribution in [0.5, 0.6) is 0 Å². The third-order valence-electron chi connectivity index (χ3n) is 2.59. The van der Waals surface area contributed by atoms with Gasteiger partial charge in [0.2, 0.25) is 5.91 Å². The predicted octanol–water partition coefficient (Wildman–Crippen LogP) is 3.87. The van der Waals surface area contributed by atoms with Gasteiger partial charge >= 0.3 is 5.97 Å². The Morgan fingerprint density at radius 1 is 1.24 bits per heavy atom. The van der Waals surface area contributed by atoms with Crippen molar-refractivity contribution >= 4 is 85.3 Å². The van der Waals surface area contributed by atoms with Crippen molar-refractivity contribution in [2.45, 2.75) is 20.8 Å². The molecule has 0 saturated carbocycles. The minimum atomic E-state index is -0.350. The first-order valence-corrected chi connectivity index (χ1v) is 9.46. The Bertz CT molecular complexity index is 564. The summed E-state index contributed by atoms with van der Waals surface area (Å²) in [5.74, 6) is -0.433. The third kappa shape index (κ3) is 4.81. The molecule has 0 heterocycles. The summed E-state index contributed by atoms with van der Waals surface area (Å²) in [6.45, 7) is 6.01. The van der Waals surface area contributed by atoms with Crippen LogP contribution >= 0.6 is 67.8 Å². The van der Waals surface area contributed by atoms with E-state index in [0.717, 1.165) is 16.4 Å². The molecule has 0 bridgehead atoms. The molecule has 0 aliphatic heterocycles. The smallest absolute Gasteiger partial charge is 0.340 e. The van der Waals surface area contributed by atoms with E-state index in [4.69, 9.17) is 4.74 Å². The van der Waals surface area contributed by atoms with Crippen molar-refractivity contribution in [2.24, 2.45) is 0 Å². The van der Waals surface area contributed by atoms with E-state index in [1.165, 1.54) is 11.9 Å². The quantitative estimate of drug-likeness (QED) is 0.306. The van der Waals surface area contributed by atoms with Gasteiger partial charge in [-0.3, -0.25) is 15.2 Å². The van der Waals surface area contributed by atoms with Gasteiger partial charge in [0, 0.05) is 20.6 Å². The number of nitrogens with one attached hydrogen (secondary N) is 1. The maximum absolute atomic E-state index is 12.1. The zero-order valence-corrected chi connectivity index (χ0v) is 18.3. The number of carbonyl (C=O) groups is 2. The van der Waals surface area contributed by atoms with Crippen LogP contribution in [0.4, 0.5) is 5.69 Å². The van der Waals surface area contributed by atoms with Crippen molar-refractivity contribution < 1.29 is 14.3 Å². The number of ether oxygens (including phenoxy) is 1. The summed E-state index contributed by atoms with van der Waals surface area (Å²) < 4.78 is 7.62. The van der Waals surface area contributed by atoms with Crippen molar-refractivity contribution in [3.05, 3.63) is 22.3 Å². The van der Waals surface area contributed by atoms with Crippen molar-refractivity contribution in [1.82, 2.24) is 5.01 Å². The number of benzene rings is 1. The van der Waals surface area contributed by atoms with Crippen molar-refractivity contribution in [3.8, 4) is 0 Å². The molecule has 0 spiro atoms. The van der Waals surface area contributed by atoms with E-state index in [0.29, 0.717) is 18.7 Å². The highest BCUT2D eigenvalue weighted by molar-refractivity contribution is 14.1. The minimum Gasteiger partial charge on any atom is -0.462 e. The second-order valence-electron chi connectivity index (χ2n) is 4.00. The number of amides is 1. The Kier molecular flexibility index (Phi) is 7.95. The van der Waals surface area contributed by atoms with Gasteiger partial charge < -0.3 is 4.74 Å². The summed E-state index contributed by atoms with van der Waals surface area (Å²) in [6.07, 6.45) is 0. The zero-order valence-electron chi connectivity index (χ0n) is 11.8. The van der Waals surface area contributed by atoms with Gasteiger partial charge in [0.1, 0.15) is 0 Å². The highest BCUT2D eigenvalue weighted by Gasteiger charge is 2.22. The zero-order chi connectivity index (χ0) is 16.2. The Hall–Kier alpha value is 0.150. The number of hydrogen-bond acceptors (Lipinski definition) is 4. The molecule has 0 aliphatic rings. The van der Waals surface area contributed by atoms with Crippen LogP contribution in [0.15, 0.2) is 6.07 Å². The molecular formula is C13H15I3N2O3. The number of rotatable bonds is 5. The van der Waals surface area contributed by atoms with Gasteiger partial charge in [-0.1, -0.05) is 0 Å². The van der Waals surface area contributed by atoms with Gasteiger partial charge in [0.25, 0.3) is 0 Å². The molecule has 0 radical (unpaired) electrons. The van der Waals surface area contributed by atoms with E-state index >= 15 is 0 Å². The van der Waals surface area contributed by atoms with Crippen LogP contribution in [-0.4, -0.2) is 30.0 Å². The summed E-state index contributed by atoms with van der Waals surface area (Å²) in [6, 6.07) is 1.89. The summed E-state index contributed by atoms with van der Waals surface area (Å²) in [5, 5.41) is 1.50.